The topological polar surface area (TPSA) is 117 Å². The number of carbonyl (C=O) groups is 4. The number of allylic oxidation sites excluding steroid dienone is 1. The molecule has 0 bridgehead atoms. The SMILES string of the molecule is CCCCCN1CC=C[C@]23O[C@@H]4/C=C\CCC(=O)N(C)[C@H](C)[C@@H](c5ccccc5)OC(=O)[C@@H]4[C@H]2C(=O)N([C@@H](CO)Cc2ccccc2)[C@@H]3C1=O. The summed E-state index contributed by atoms with van der Waals surface area (Å²) in [6, 6.07) is 16.5. The number of unbranched alkanes of at least 4 members (excludes halogenated alkanes) is 2. The Hall–Kier alpha value is -4.28. The molecular formula is C40H49N3O7. The number of nitrogens with zero attached hydrogens (tertiary/aromatic N) is 3. The lowest BCUT2D eigenvalue weighted by molar-refractivity contribution is -0.164. The number of hydrogen-bond acceptors (Lipinski definition) is 7. The third-order valence-electron chi connectivity index (χ3n) is 10.9. The number of ether oxygens (including phenoxy) is 2. The fourth-order valence-electron chi connectivity index (χ4n) is 8.16. The van der Waals surface area contributed by atoms with Gasteiger partial charge in [0, 0.05) is 26.6 Å². The van der Waals surface area contributed by atoms with Gasteiger partial charge in [-0.05, 0) is 37.3 Å². The van der Waals surface area contributed by atoms with Crippen molar-refractivity contribution in [2.45, 2.75) is 88.3 Å². The Balaban J connectivity index is 1.45. The lowest BCUT2D eigenvalue weighted by Gasteiger charge is -2.38. The minimum atomic E-state index is -1.48. The third-order valence-corrected chi connectivity index (χ3v) is 10.9. The zero-order valence-corrected chi connectivity index (χ0v) is 29.2. The molecule has 0 radical (unpaired) electrons. The van der Waals surface area contributed by atoms with Crippen LogP contribution in [0.1, 0.15) is 63.2 Å². The summed E-state index contributed by atoms with van der Waals surface area (Å²) in [4.78, 5) is 62.4. The van der Waals surface area contributed by atoms with Crippen LogP contribution in [0.4, 0.5) is 0 Å². The van der Waals surface area contributed by atoms with Gasteiger partial charge in [-0.25, -0.2) is 0 Å². The van der Waals surface area contributed by atoms with E-state index < -0.39 is 59.6 Å². The van der Waals surface area contributed by atoms with Crippen molar-refractivity contribution in [2.75, 3.05) is 26.7 Å². The number of aliphatic hydroxyl groups excluding tert-OH is 1. The summed E-state index contributed by atoms with van der Waals surface area (Å²) >= 11 is 0. The summed E-state index contributed by atoms with van der Waals surface area (Å²) in [5.41, 5.74) is 0.155. The second-order valence-electron chi connectivity index (χ2n) is 14.0. The Morgan fingerprint density at radius 2 is 1.68 bits per heavy atom. The molecule has 8 atom stereocenters. The van der Waals surface area contributed by atoms with Crippen molar-refractivity contribution in [3.8, 4) is 0 Å². The molecule has 0 aromatic heterocycles. The van der Waals surface area contributed by atoms with Gasteiger partial charge in [-0.3, -0.25) is 19.2 Å². The van der Waals surface area contributed by atoms with Crippen LogP contribution in [0.3, 0.4) is 0 Å². The summed E-state index contributed by atoms with van der Waals surface area (Å²) in [6.45, 7) is 4.44. The van der Waals surface area contributed by atoms with E-state index in [0.29, 0.717) is 25.9 Å². The molecule has 0 saturated carbocycles. The van der Waals surface area contributed by atoms with E-state index in [0.717, 1.165) is 30.4 Å². The van der Waals surface area contributed by atoms with Crippen LogP contribution >= 0.6 is 0 Å². The average molecular weight is 684 g/mol. The summed E-state index contributed by atoms with van der Waals surface area (Å²) < 4.78 is 13.2. The average Bonchev–Trinajstić information content (AvgIpc) is 3.53. The highest BCUT2D eigenvalue weighted by atomic mass is 16.6. The van der Waals surface area contributed by atoms with Gasteiger partial charge in [-0.15, -0.1) is 0 Å². The van der Waals surface area contributed by atoms with Crippen LogP contribution in [0.2, 0.25) is 0 Å². The molecule has 4 aliphatic rings. The second-order valence-corrected chi connectivity index (χ2v) is 14.0. The number of rotatable bonds is 9. The first-order valence-electron chi connectivity index (χ1n) is 18.0. The molecule has 0 aliphatic carbocycles. The monoisotopic (exact) mass is 683 g/mol. The van der Waals surface area contributed by atoms with Crippen LogP contribution in [0, 0.1) is 11.8 Å². The number of hydrogen-bond donors (Lipinski definition) is 1. The minimum absolute atomic E-state index is 0.0844. The number of likely N-dealkylation sites (tertiary alicyclic amines) is 1. The minimum Gasteiger partial charge on any atom is -0.455 e. The first-order chi connectivity index (χ1) is 24.2. The van der Waals surface area contributed by atoms with E-state index in [4.69, 9.17) is 9.47 Å². The van der Waals surface area contributed by atoms with E-state index in [1.54, 1.807) is 22.9 Å². The molecule has 6 rings (SSSR count). The van der Waals surface area contributed by atoms with E-state index in [9.17, 15) is 24.3 Å². The van der Waals surface area contributed by atoms with Gasteiger partial charge in [0.1, 0.15) is 23.7 Å². The lowest BCUT2D eigenvalue weighted by atomic mass is 9.77. The molecular weight excluding hydrogens is 634 g/mol. The maximum absolute atomic E-state index is 15.0. The Kier molecular flexibility index (Phi) is 10.9. The summed E-state index contributed by atoms with van der Waals surface area (Å²) in [5, 5.41) is 10.8. The number of aliphatic hydroxyl groups is 1. The van der Waals surface area contributed by atoms with E-state index in [1.807, 2.05) is 85.8 Å². The van der Waals surface area contributed by atoms with Crippen molar-refractivity contribution < 1.29 is 33.8 Å². The van der Waals surface area contributed by atoms with Gasteiger partial charge in [0.15, 0.2) is 0 Å². The van der Waals surface area contributed by atoms with Crippen LogP contribution < -0.4 is 0 Å². The highest BCUT2D eigenvalue weighted by Gasteiger charge is 2.72. The van der Waals surface area contributed by atoms with E-state index in [-0.39, 0.29) is 24.8 Å². The van der Waals surface area contributed by atoms with Crippen molar-refractivity contribution in [3.05, 3.63) is 96.1 Å². The van der Waals surface area contributed by atoms with Crippen LogP contribution in [-0.4, -0.2) is 100 Å². The fourth-order valence-corrected chi connectivity index (χ4v) is 8.16. The zero-order chi connectivity index (χ0) is 35.4. The summed E-state index contributed by atoms with van der Waals surface area (Å²) in [5.74, 6) is -3.55. The van der Waals surface area contributed by atoms with E-state index >= 15 is 0 Å². The van der Waals surface area contributed by atoms with Crippen molar-refractivity contribution in [3.63, 3.8) is 0 Å². The molecule has 266 valence electrons. The predicted molar refractivity (Wildman–Crippen MR) is 187 cm³/mol. The summed E-state index contributed by atoms with van der Waals surface area (Å²) in [7, 11) is 1.71. The van der Waals surface area contributed by atoms with Gasteiger partial charge in [-0.2, -0.15) is 0 Å². The highest BCUT2D eigenvalue weighted by Crippen LogP contribution is 2.54. The number of cyclic esters (lactones) is 1. The van der Waals surface area contributed by atoms with Gasteiger partial charge in [0.05, 0.1) is 30.7 Å². The number of amides is 3. The number of fused-ring (bicyclic) bond motifs is 2. The van der Waals surface area contributed by atoms with Crippen molar-refractivity contribution in [1.29, 1.82) is 0 Å². The number of likely N-dealkylation sites (N-methyl/N-ethyl adjacent to an activating group) is 1. The molecule has 10 heteroatoms. The van der Waals surface area contributed by atoms with Crippen LogP contribution in [0.25, 0.3) is 0 Å². The van der Waals surface area contributed by atoms with Crippen molar-refractivity contribution in [1.82, 2.24) is 14.7 Å². The molecule has 4 aliphatic heterocycles. The smallest absolute Gasteiger partial charge is 0.313 e. The quantitative estimate of drug-likeness (QED) is 0.239. The first-order valence-corrected chi connectivity index (χ1v) is 18.0. The maximum Gasteiger partial charge on any atom is 0.313 e. The molecule has 4 heterocycles. The molecule has 1 N–H and O–H groups in total. The fraction of sp³-hybridized carbons (Fsp3) is 0.500. The normalized spacial score (nSPS) is 31.2. The Bertz CT molecular complexity index is 1600. The van der Waals surface area contributed by atoms with Crippen LogP contribution in [0.15, 0.2) is 85.0 Å². The largest absolute Gasteiger partial charge is 0.455 e. The van der Waals surface area contributed by atoms with Gasteiger partial charge >= 0.3 is 5.97 Å². The molecule has 1 spiro atoms. The predicted octanol–water partition coefficient (Wildman–Crippen LogP) is 4.24. The van der Waals surface area contributed by atoms with Crippen LogP contribution in [0.5, 0.6) is 0 Å². The highest BCUT2D eigenvalue weighted by molar-refractivity contribution is 5.99. The molecule has 2 aromatic carbocycles. The van der Waals surface area contributed by atoms with Gasteiger partial charge in [-0.1, -0.05) is 105 Å². The van der Waals surface area contributed by atoms with Crippen molar-refractivity contribution >= 4 is 23.7 Å². The Morgan fingerprint density at radius 3 is 2.38 bits per heavy atom. The van der Waals surface area contributed by atoms with Crippen molar-refractivity contribution in [2.24, 2.45) is 11.8 Å². The molecule has 3 amide bonds. The molecule has 0 unspecified atom stereocenters. The molecule has 50 heavy (non-hydrogen) atoms. The Morgan fingerprint density at radius 1 is 0.960 bits per heavy atom. The first kappa shape index (κ1) is 35.5. The molecule has 10 nitrogen and oxygen atoms in total. The zero-order valence-electron chi connectivity index (χ0n) is 29.2. The second kappa shape index (κ2) is 15.3. The number of esters is 1. The molecule has 2 aromatic rings. The van der Waals surface area contributed by atoms with Gasteiger partial charge in [0.25, 0.3) is 0 Å². The number of benzene rings is 2. The molecule has 2 fully saturated rings. The van der Waals surface area contributed by atoms with E-state index in [2.05, 4.69) is 6.92 Å². The standard InChI is InChI=1S/C40H49N3O7/c1-4-5-14-23-42-24-15-22-40-34(37(46)43(36(40)38(42)47)30(26-44)25-28-16-8-6-9-17-28)33-31(50-40)20-12-13-21-32(45)41(3)27(2)35(49-39(33)48)29-18-10-7-11-19-29/h6-12,15-20,22,27,30-31,33-36,44H,4-5,13-14,21,23-26H2,1-3H3/b20-12-/t27-,30-,31-,33+,34+,35+,36-,40+/m1/s1. The van der Waals surface area contributed by atoms with E-state index in [1.165, 1.54) is 4.90 Å². The third kappa shape index (κ3) is 6.63. The summed E-state index contributed by atoms with van der Waals surface area (Å²) in [6.07, 6.45) is 9.31. The maximum atomic E-state index is 15.0. The number of carbonyl (C=O) groups excluding carboxylic acids is 4. The lowest BCUT2D eigenvalue weighted by Crippen LogP contribution is -2.58. The molecule has 2 saturated heterocycles. The van der Waals surface area contributed by atoms with Gasteiger partial charge in [0.2, 0.25) is 17.7 Å². The van der Waals surface area contributed by atoms with Crippen LogP contribution in [-0.2, 0) is 35.1 Å². The van der Waals surface area contributed by atoms with Gasteiger partial charge < -0.3 is 29.3 Å². The Labute approximate surface area is 294 Å².